The van der Waals surface area contributed by atoms with Gasteiger partial charge in [-0.05, 0) is 123 Å². The molecule has 6 aromatic rings. The van der Waals surface area contributed by atoms with E-state index in [0.717, 1.165) is 72.5 Å². The Morgan fingerprint density at radius 3 is 0.986 bits per heavy atom. The van der Waals surface area contributed by atoms with Crippen LogP contribution < -0.4 is 0 Å². The van der Waals surface area contributed by atoms with Gasteiger partial charge in [-0.3, -0.25) is 9.59 Å². The van der Waals surface area contributed by atoms with Gasteiger partial charge >= 0.3 is 0 Å². The molecule has 0 aliphatic carbocycles. The Bertz CT molecular complexity index is 2540. The summed E-state index contributed by atoms with van der Waals surface area (Å²) in [7, 11) is 0. The van der Waals surface area contributed by atoms with E-state index in [1.54, 1.807) is 22.7 Å². The van der Waals surface area contributed by atoms with Gasteiger partial charge in [0.25, 0.3) is 11.8 Å². The van der Waals surface area contributed by atoms with Crippen molar-refractivity contribution in [2.24, 2.45) is 11.8 Å². The minimum absolute atomic E-state index is 0.00644. The lowest BCUT2D eigenvalue weighted by Crippen LogP contribution is -2.34. The zero-order valence-corrected chi connectivity index (χ0v) is 49.1. The number of aryl methyl sites for hydroxylation is 2. The number of hydrogen-bond donors (Lipinski definition) is 0. The van der Waals surface area contributed by atoms with E-state index in [4.69, 9.17) is 0 Å². The van der Waals surface area contributed by atoms with Crippen molar-refractivity contribution in [3.8, 4) is 39.0 Å². The number of nitrogens with zero attached hydrogens (tertiary/aromatic N) is 2. The van der Waals surface area contributed by atoms with Crippen molar-refractivity contribution in [1.29, 1.82) is 0 Å². The smallest absolute Gasteiger partial charge is 0.261 e. The van der Waals surface area contributed by atoms with E-state index in [1.165, 1.54) is 139 Å². The van der Waals surface area contributed by atoms with Gasteiger partial charge < -0.3 is 9.80 Å². The third-order valence-electron chi connectivity index (χ3n) is 14.9. The Balaban J connectivity index is 1.11. The number of hydrogen-bond acceptors (Lipinski definition) is 8. The molecule has 10 heteroatoms. The van der Waals surface area contributed by atoms with Crippen LogP contribution in [0.25, 0.3) is 50.4 Å². The molecule has 8 rings (SSSR count). The van der Waals surface area contributed by atoms with E-state index in [9.17, 15) is 0 Å². The molecule has 0 bridgehead atoms. The average molecular weight is 1080 g/mol. The zero-order chi connectivity index (χ0) is 50.4. The molecule has 0 saturated carbocycles. The lowest BCUT2D eigenvalue weighted by Gasteiger charge is -2.29. The lowest BCUT2D eigenvalue weighted by atomic mass is 9.98. The van der Waals surface area contributed by atoms with E-state index in [0.29, 0.717) is 36.1 Å². The summed E-state index contributed by atoms with van der Waals surface area (Å²) in [5.74, 6) is 0.690. The second-order valence-corrected chi connectivity index (χ2v) is 27.0. The minimum Gasteiger partial charge on any atom is -0.306 e. The maximum Gasteiger partial charge on any atom is 0.261 e. The van der Waals surface area contributed by atoms with Crippen LogP contribution in [0.15, 0.2) is 83.9 Å². The van der Waals surface area contributed by atoms with E-state index >= 15 is 9.59 Å². The van der Waals surface area contributed by atoms with Crippen molar-refractivity contribution in [3.63, 3.8) is 0 Å². The molecule has 0 saturated heterocycles. The van der Waals surface area contributed by atoms with Crippen LogP contribution in [0.2, 0.25) is 0 Å². The summed E-state index contributed by atoms with van der Waals surface area (Å²) in [4.78, 5) is 50.1. The van der Waals surface area contributed by atoms with Crippen LogP contribution in [0, 0.1) is 11.8 Å². The fraction of sp³-hybridized carbons (Fsp3) is 0.516. The number of carbonyl (C=O) groups is 2. The standard InChI is InChI=1S/C62H80N2O2S6/c1-7-13-17-19-21-23-27-45-29-31-47(67-45)49-33-35-51(69-49)53-37-39-55(71-53)59-57-58(62(66)63(59)41-43(11-5)25-15-9-3)60(64(61(57)65)42-44(12-6)26-16-10-4)56-40-38-54(72-56)52-36-34-50(70-52)48-32-30-46(68-48)28-24-22-20-18-14-8-2/h29-40,43-44H,7-28,41-42H2,1-6H3. The average Bonchev–Trinajstić information content (AvgIpc) is 4.25. The summed E-state index contributed by atoms with van der Waals surface area (Å²) in [6.07, 6.45) is 26.8. The molecule has 2 aliphatic heterocycles. The lowest BCUT2D eigenvalue weighted by molar-refractivity contribution is -0.124. The predicted molar refractivity (Wildman–Crippen MR) is 320 cm³/mol. The highest BCUT2D eigenvalue weighted by molar-refractivity contribution is 7.27. The van der Waals surface area contributed by atoms with Crippen LogP contribution in [0.4, 0.5) is 0 Å². The summed E-state index contributed by atoms with van der Waals surface area (Å²) in [5.41, 5.74) is 2.89. The summed E-state index contributed by atoms with van der Waals surface area (Å²) >= 11 is 11.1. The van der Waals surface area contributed by atoms with Crippen LogP contribution in [0.1, 0.15) is 189 Å². The SMILES string of the molecule is CCCCCCCCc1ccc(-c2ccc(-c3ccc(C4=C5C(=O)N(CC(CC)CCCC)C(c6ccc(-c7ccc(-c8ccc(CCCCCCCC)s8)s7)s6)=C5C(=O)N4CC(CC)CCCC)s3)s2)s1. The molecule has 386 valence electrons. The first kappa shape index (κ1) is 54.9. The number of thiophene rings is 6. The van der Waals surface area contributed by atoms with Gasteiger partial charge in [0.05, 0.1) is 32.3 Å². The van der Waals surface area contributed by atoms with Crippen molar-refractivity contribution in [2.75, 3.05) is 13.1 Å². The number of amides is 2. The van der Waals surface area contributed by atoms with Crippen LogP contribution in [-0.4, -0.2) is 34.7 Å². The third kappa shape index (κ3) is 13.3. The molecule has 2 unspecified atom stereocenters. The molecule has 72 heavy (non-hydrogen) atoms. The van der Waals surface area contributed by atoms with Crippen molar-refractivity contribution < 1.29 is 9.59 Å². The Morgan fingerprint density at radius 1 is 0.347 bits per heavy atom. The first-order valence-electron chi connectivity index (χ1n) is 28.0. The highest BCUT2D eigenvalue weighted by atomic mass is 32.1. The normalized spacial score (nSPS) is 14.8. The van der Waals surface area contributed by atoms with Gasteiger partial charge in [0.2, 0.25) is 0 Å². The van der Waals surface area contributed by atoms with Crippen LogP contribution in [0.5, 0.6) is 0 Å². The maximum atomic E-state index is 15.5. The van der Waals surface area contributed by atoms with Gasteiger partial charge in [-0.2, -0.15) is 0 Å². The van der Waals surface area contributed by atoms with E-state index in [-0.39, 0.29) is 11.8 Å². The largest absolute Gasteiger partial charge is 0.306 e. The molecule has 0 fully saturated rings. The number of unbranched alkanes of at least 4 members (excludes halogenated alkanes) is 12. The Labute approximate surface area is 457 Å². The summed E-state index contributed by atoms with van der Waals surface area (Å²) in [5, 5.41) is 0. The van der Waals surface area contributed by atoms with Crippen LogP contribution in [-0.2, 0) is 22.4 Å². The molecule has 0 radical (unpaired) electrons. The highest BCUT2D eigenvalue weighted by Gasteiger charge is 2.50. The molecule has 2 amide bonds. The Morgan fingerprint density at radius 2 is 0.639 bits per heavy atom. The quantitative estimate of drug-likeness (QED) is 0.0395. The molecule has 2 aliphatic rings. The summed E-state index contributed by atoms with van der Waals surface area (Å²) < 4.78 is 0. The first-order chi connectivity index (χ1) is 35.3. The molecular formula is C62H80N2O2S6. The first-order valence-corrected chi connectivity index (χ1v) is 32.9. The number of rotatable bonds is 32. The second kappa shape index (κ2) is 27.4. The van der Waals surface area contributed by atoms with Gasteiger partial charge in [-0.25, -0.2) is 0 Å². The van der Waals surface area contributed by atoms with Crippen molar-refractivity contribution in [1.82, 2.24) is 9.80 Å². The number of carbonyl (C=O) groups excluding carboxylic acids is 2. The van der Waals surface area contributed by atoms with E-state index in [1.807, 2.05) is 55.1 Å². The molecule has 2 atom stereocenters. The Kier molecular flexibility index (Phi) is 20.9. The molecule has 0 N–H and O–H groups in total. The van der Waals surface area contributed by atoms with Crippen molar-refractivity contribution >= 4 is 91.2 Å². The van der Waals surface area contributed by atoms with Gasteiger partial charge in [-0.15, -0.1) is 68.0 Å². The van der Waals surface area contributed by atoms with Gasteiger partial charge in [-0.1, -0.05) is 144 Å². The van der Waals surface area contributed by atoms with Crippen molar-refractivity contribution in [2.45, 2.75) is 183 Å². The molecule has 8 heterocycles. The molecule has 0 spiro atoms. The van der Waals surface area contributed by atoms with Gasteiger partial charge in [0, 0.05) is 61.9 Å². The monoisotopic (exact) mass is 1080 g/mol. The molecule has 4 nitrogen and oxygen atoms in total. The third-order valence-corrected chi connectivity index (χ3v) is 22.3. The second-order valence-electron chi connectivity index (χ2n) is 20.3. The number of fused-ring (bicyclic) bond motifs is 1. The summed E-state index contributed by atoms with van der Waals surface area (Å²) in [6.45, 7) is 14.8. The molecular weight excluding hydrogens is 997 g/mol. The fourth-order valence-electron chi connectivity index (χ4n) is 10.5. The van der Waals surface area contributed by atoms with Gasteiger partial charge in [0.15, 0.2) is 0 Å². The Hall–Kier alpha value is -3.38. The minimum atomic E-state index is -0.00644. The predicted octanol–water partition coefficient (Wildman–Crippen LogP) is 20.8. The van der Waals surface area contributed by atoms with Gasteiger partial charge in [0.1, 0.15) is 0 Å². The molecule has 0 aromatic carbocycles. The summed E-state index contributed by atoms with van der Waals surface area (Å²) in [6, 6.07) is 27.2. The van der Waals surface area contributed by atoms with Crippen LogP contribution in [0.3, 0.4) is 0 Å². The van der Waals surface area contributed by atoms with Crippen LogP contribution >= 0.6 is 68.0 Å². The molecule has 6 aromatic heterocycles. The maximum absolute atomic E-state index is 15.5. The zero-order valence-electron chi connectivity index (χ0n) is 44.2. The fourth-order valence-corrected chi connectivity index (χ4v) is 17.1. The van der Waals surface area contributed by atoms with Crippen molar-refractivity contribution in [3.05, 3.63) is 103 Å². The topological polar surface area (TPSA) is 40.6 Å². The highest BCUT2D eigenvalue weighted by Crippen LogP contribution is 2.52. The van der Waals surface area contributed by atoms with E-state index < -0.39 is 0 Å². The van der Waals surface area contributed by atoms with E-state index in [2.05, 4.69) is 114 Å².